The third-order valence-corrected chi connectivity index (χ3v) is 7.43. The molecule has 0 spiro atoms. The molecule has 44 heavy (non-hydrogen) atoms. The number of rotatable bonds is 12. The van der Waals surface area contributed by atoms with Crippen LogP contribution in [0.3, 0.4) is 0 Å². The summed E-state index contributed by atoms with van der Waals surface area (Å²) in [6.07, 6.45) is 4.15. The number of hydrogen-bond donors (Lipinski definition) is 2. The highest BCUT2D eigenvalue weighted by Crippen LogP contribution is 2.24. The summed E-state index contributed by atoms with van der Waals surface area (Å²) in [5, 5.41) is 9.98. The number of nitrogens with zero attached hydrogens (tertiary/aromatic N) is 3. The van der Waals surface area contributed by atoms with Gasteiger partial charge in [-0.2, -0.15) is 5.10 Å². The number of para-hydroxylation sites is 1. The summed E-state index contributed by atoms with van der Waals surface area (Å²) < 4.78 is 17.4. The monoisotopic (exact) mass is 611 g/mol. The molecule has 2 aliphatic rings. The van der Waals surface area contributed by atoms with Crippen LogP contribution in [0.5, 0.6) is 5.88 Å². The van der Waals surface area contributed by atoms with E-state index in [-0.39, 0.29) is 48.9 Å². The summed E-state index contributed by atoms with van der Waals surface area (Å²) in [5.41, 5.74) is -0.204. The van der Waals surface area contributed by atoms with Crippen LogP contribution in [0.2, 0.25) is 0 Å². The number of aromatic nitrogens is 2. The lowest BCUT2D eigenvalue weighted by Gasteiger charge is -2.30. The van der Waals surface area contributed by atoms with Crippen LogP contribution < -0.4 is 15.4 Å². The molecule has 1 aromatic heterocycles. The quantitative estimate of drug-likeness (QED) is 0.344. The lowest BCUT2D eigenvalue weighted by Crippen LogP contribution is -2.51. The topological polar surface area (TPSA) is 158 Å². The molecule has 0 radical (unpaired) electrons. The van der Waals surface area contributed by atoms with Gasteiger partial charge in [-0.25, -0.2) is 9.48 Å². The molecule has 2 heterocycles. The Morgan fingerprint density at radius 2 is 1.77 bits per heavy atom. The third kappa shape index (κ3) is 8.57. The first-order valence-electron chi connectivity index (χ1n) is 14.9. The summed E-state index contributed by atoms with van der Waals surface area (Å²) >= 11 is 0. The number of likely N-dealkylation sites (tertiary alicyclic amines) is 1. The molecule has 3 amide bonds. The van der Waals surface area contributed by atoms with E-state index in [0.29, 0.717) is 18.7 Å². The van der Waals surface area contributed by atoms with Gasteiger partial charge < -0.3 is 29.7 Å². The van der Waals surface area contributed by atoms with E-state index < -0.39 is 35.5 Å². The molecule has 0 bridgehead atoms. The summed E-state index contributed by atoms with van der Waals surface area (Å²) in [6, 6.07) is 8.76. The summed E-state index contributed by atoms with van der Waals surface area (Å²) in [6.45, 7) is 5.29. The zero-order valence-electron chi connectivity index (χ0n) is 25.7. The average Bonchev–Trinajstić information content (AvgIpc) is 3.63. The maximum atomic E-state index is 13.2. The van der Waals surface area contributed by atoms with Crippen LogP contribution in [0, 0.1) is 0 Å². The number of methoxy groups -OCH3 is 1. The van der Waals surface area contributed by atoms with Crippen LogP contribution >= 0.6 is 0 Å². The highest BCUT2D eigenvalue weighted by molar-refractivity contribution is 5.95. The minimum Gasteiger partial charge on any atom is -0.467 e. The van der Waals surface area contributed by atoms with E-state index in [9.17, 15) is 24.0 Å². The first-order chi connectivity index (χ1) is 20.9. The Hall–Kier alpha value is -4.42. The molecule has 2 atom stereocenters. The number of benzene rings is 1. The van der Waals surface area contributed by atoms with Crippen LogP contribution in [0.1, 0.15) is 76.2 Å². The molecule has 4 rings (SSSR count). The van der Waals surface area contributed by atoms with E-state index in [4.69, 9.17) is 14.2 Å². The SMILES string of the molecule is COC(=O)[C@H](CCC(=O)OC(C)(C)C)NC(=O)c1cc(OCC(=O)N2CCC[C@H]2C(=O)NC2CCC2)n(-c2ccccc2)n1. The van der Waals surface area contributed by atoms with Gasteiger partial charge in [-0.15, -0.1) is 0 Å². The number of nitrogens with one attached hydrogen (secondary N) is 2. The molecule has 1 saturated heterocycles. The Balaban J connectivity index is 1.45. The fraction of sp³-hybridized carbons (Fsp3) is 0.548. The zero-order valence-corrected chi connectivity index (χ0v) is 25.7. The van der Waals surface area contributed by atoms with E-state index >= 15 is 0 Å². The number of carbonyl (C=O) groups is 5. The van der Waals surface area contributed by atoms with Crippen molar-refractivity contribution in [3.8, 4) is 11.6 Å². The van der Waals surface area contributed by atoms with Gasteiger partial charge in [-0.3, -0.25) is 19.2 Å². The van der Waals surface area contributed by atoms with Crippen LogP contribution in [-0.2, 0) is 28.7 Å². The van der Waals surface area contributed by atoms with Crippen molar-refractivity contribution < 1.29 is 38.2 Å². The molecular weight excluding hydrogens is 570 g/mol. The van der Waals surface area contributed by atoms with Crippen molar-refractivity contribution in [3.63, 3.8) is 0 Å². The number of amides is 3. The molecule has 0 unspecified atom stereocenters. The van der Waals surface area contributed by atoms with Crippen molar-refractivity contribution >= 4 is 29.7 Å². The largest absolute Gasteiger partial charge is 0.467 e. The fourth-order valence-corrected chi connectivity index (χ4v) is 5.02. The molecule has 2 aromatic rings. The van der Waals surface area contributed by atoms with E-state index in [2.05, 4.69) is 15.7 Å². The normalized spacial score (nSPS) is 17.3. The van der Waals surface area contributed by atoms with E-state index in [0.717, 1.165) is 25.7 Å². The molecule has 238 valence electrons. The number of esters is 2. The van der Waals surface area contributed by atoms with Crippen LogP contribution in [0.4, 0.5) is 0 Å². The van der Waals surface area contributed by atoms with Gasteiger partial charge in [-0.05, 0) is 71.4 Å². The highest BCUT2D eigenvalue weighted by Gasteiger charge is 2.36. The fourth-order valence-electron chi connectivity index (χ4n) is 5.02. The van der Waals surface area contributed by atoms with Crippen molar-refractivity contribution in [1.29, 1.82) is 0 Å². The highest BCUT2D eigenvalue weighted by atomic mass is 16.6. The molecule has 2 fully saturated rings. The Bertz CT molecular complexity index is 1350. The maximum Gasteiger partial charge on any atom is 0.328 e. The molecule has 1 aromatic carbocycles. The summed E-state index contributed by atoms with van der Waals surface area (Å²) in [4.78, 5) is 65.4. The maximum absolute atomic E-state index is 13.2. The predicted octanol–water partition coefficient (Wildman–Crippen LogP) is 2.30. The smallest absolute Gasteiger partial charge is 0.328 e. The van der Waals surface area contributed by atoms with Gasteiger partial charge >= 0.3 is 11.9 Å². The first-order valence-corrected chi connectivity index (χ1v) is 14.9. The molecule has 1 aliphatic heterocycles. The van der Waals surface area contributed by atoms with Crippen molar-refractivity contribution in [2.24, 2.45) is 0 Å². The Morgan fingerprint density at radius 1 is 1.05 bits per heavy atom. The second kappa shape index (κ2) is 14.4. The molecular formula is C31H41N5O8. The van der Waals surface area contributed by atoms with Gasteiger partial charge in [0, 0.05) is 25.1 Å². The van der Waals surface area contributed by atoms with E-state index in [1.165, 1.54) is 22.8 Å². The van der Waals surface area contributed by atoms with Gasteiger partial charge in [0.25, 0.3) is 11.8 Å². The third-order valence-electron chi connectivity index (χ3n) is 7.43. The number of hydrogen-bond acceptors (Lipinski definition) is 9. The second-order valence-electron chi connectivity index (χ2n) is 12.0. The van der Waals surface area contributed by atoms with Gasteiger partial charge in [0.05, 0.1) is 12.8 Å². The standard InChI is InChI=1S/C31H41N5O8/c1-31(2,3)44-27(38)16-15-22(30(41)42-4)33-28(39)23-18-26(36(34-23)21-12-6-5-7-13-21)43-19-25(37)35-17-9-14-24(35)29(40)32-20-10-8-11-20/h5-7,12-13,18,20,22,24H,8-11,14-17,19H2,1-4H3,(H,32,40)(H,33,39)/t22-,24-/m0/s1. The van der Waals surface area contributed by atoms with Gasteiger partial charge in [0.15, 0.2) is 12.3 Å². The van der Waals surface area contributed by atoms with Gasteiger partial charge in [0.1, 0.15) is 17.7 Å². The van der Waals surface area contributed by atoms with Crippen molar-refractivity contribution in [1.82, 2.24) is 25.3 Å². The molecule has 1 saturated carbocycles. The lowest BCUT2D eigenvalue weighted by molar-refractivity contribution is -0.155. The molecule has 1 aliphatic carbocycles. The van der Waals surface area contributed by atoms with Crippen molar-refractivity contribution in [2.75, 3.05) is 20.3 Å². The number of carbonyl (C=O) groups excluding carboxylic acids is 5. The first kappa shape index (κ1) is 32.5. The Kier molecular flexibility index (Phi) is 10.6. The van der Waals surface area contributed by atoms with Crippen LogP contribution in [0.25, 0.3) is 5.69 Å². The lowest BCUT2D eigenvalue weighted by atomic mass is 9.93. The predicted molar refractivity (Wildman–Crippen MR) is 158 cm³/mol. The number of ether oxygens (including phenoxy) is 3. The van der Waals surface area contributed by atoms with Gasteiger partial charge in [0.2, 0.25) is 11.8 Å². The Labute approximate surface area is 256 Å². The minimum absolute atomic E-state index is 0.0457. The van der Waals surface area contributed by atoms with Crippen LogP contribution in [-0.4, -0.2) is 88.3 Å². The second-order valence-corrected chi connectivity index (χ2v) is 12.0. The molecule has 2 N–H and O–H groups in total. The van der Waals surface area contributed by atoms with E-state index in [1.54, 1.807) is 45.0 Å². The van der Waals surface area contributed by atoms with Crippen molar-refractivity contribution in [3.05, 3.63) is 42.1 Å². The Morgan fingerprint density at radius 3 is 2.41 bits per heavy atom. The van der Waals surface area contributed by atoms with Crippen molar-refractivity contribution in [2.45, 2.75) is 89.4 Å². The molecule has 13 nitrogen and oxygen atoms in total. The summed E-state index contributed by atoms with van der Waals surface area (Å²) in [7, 11) is 1.18. The minimum atomic E-state index is -1.13. The molecule has 13 heteroatoms. The van der Waals surface area contributed by atoms with E-state index in [1.807, 2.05) is 6.07 Å². The average molecular weight is 612 g/mol. The van der Waals surface area contributed by atoms with Gasteiger partial charge in [-0.1, -0.05) is 18.2 Å². The zero-order chi connectivity index (χ0) is 31.9. The summed E-state index contributed by atoms with van der Waals surface area (Å²) in [5.74, 6) is -2.32. The van der Waals surface area contributed by atoms with Crippen LogP contribution in [0.15, 0.2) is 36.4 Å².